The number of rotatable bonds is 4. The summed E-state index contributed by atoms with van der Waals surface area (Å²) in [5, 5.41) is 2.75. The number of anilines is 2. The van der Waals surface area contributed by atoms with Gasteiger partial charge in [-0.1, -0.05) is 0 Å². The smallest absolute Gasteiger partial charge is 0.255 e. The molecule has 0 radical (unpaired) electrons. The highest BCUT2D eigenvalue weighted by Gasteiger charge is 2.21. The lowest BCUT2D eigenvalue weighted by atomic mass is 10.1. The van der Waals surface area contributed by atoms with Crippen LogP contribution in [0.1, 0.15) is 33.6 Å². The summed E-state index contributed by atoms with van der Waals surface area (Å²) in [6.45, 7) is 0.719. The third-order valence-corrected chi connectivity index (χ3v) is 3.94. The van der Waals surface area contributed by atoms with Crippen LogP contribution in [0.3, 0.4) is 0 Å². The molecule has 0 unspecified atom stereocenters. The van der Waals surface area contributed by atoms with Crippen molar-refractivity contribution in [3.63, 3.8) is 0 Å². The van der Waals surface area contributed by atoms with E-state index in [1.54, 1.807) is 53.4 Å². The summed E-state index contributed by atoms with van der Waals surface area (Å²) < 4.78 is 0. The highest BCUT2D eigenvalue weighted by atomic mass is 16.2. The van der Waals surface area contributed by atoms with E-state index in [-0.39, 0.29) is 11.8 Å². The zero-order valence-electron chi connectivity index (χ0n) is 13.0. The third kappa shape index (κ3) is 3.27. The molecule has 1 aliphatic rings. The van der Waals surface area contributed by atoms with Crippen LogP contribution in [0.4, 0.5) is 11.4 Å². The first kappa shape index (κ1) is 15.7. The molecule has 3 N–H and O–H groups in total. The zero-order chi connectivity index (χ0) is 17.1. The van der Waals surface area contributed by atoms with Gasteiger partial charge in [0.1, 0.15) is 0 Å². The van der Waals surface area contributed by atoms with Gasteiger partial charge in [-0.3, -0.25) is 14.4 Å². The van der Waals surface area contributed by atoms with Gasteiger partial charge in [-0.2, -0.15) is 0 Å². The van der Waals surface area contributed by atoms with Gasteiger partial charge < -0.3 is 16.0 Å². The topological polar surface area (TPSA) is 92.5 Å². The lowest BCUT2D eigenvalue weighted by Gasteiger charge is -2.15. The summed E-state index contributed by atoms with van der Waals surface area (Å²) in [5.41, 5.74) is 7.43. The minimum atomic E-state index is -0.514. The number of carbonyl (C=O) groups excluding carboxylic acids is 3. The average molecular weight is 323 g/mol. The highest BCUT2D eigenvalue weighted by Crippen LogP contribution is 2.22. The van der Waals surface area contributed by atoms with Crippen LogP contribution in [-0.2, 0) is 4.79 Å². The summed E-state index contributed by atoms with van der Waals surface area (Å²) in [4.78, 5) is 36.7. The molecule has 6 heteroatoms. The second kappa shape index (κ2) is 6.54. The first-order valence-electron chi connectivity index (χ1n) is 7.66. The van der Waals surface area contributed by atoms with Crippen molar-refractivity contribution in [3.05, 3.63) is 59.7 Å². The molecule has 0 aromatic heterocycles. The fourth-order valence-electron chi connectivity index (χ4n) is 2.63. The summed E-state index contributed by atoms with van der Waals surface area (Å²) in [6, 6.07) is 13.3. The molecule has 1 heterocycles. The molecule has 1 fully saturated rings. The second-order valence-corrected chi connectivity index (χ2v) is 5.59. The Morgan fingerprint density at radius 2 is 1.58 bits per heavy atom. The number of primary amides is 1. The predicted molar refractivity (Wildman–Crippen MR) is 90.9 cm³/mol. The maximum absolute atomic E-state index is 12.2. The van der Waals surface area contributed by atoms with Gasteiger partial charge in [-0.25, -0.2) is 0 Å². The van der Waals surface area contributed by atoms with E-state index in [1.165, 1.54) is 0 Å². The normalized spacial score (nSPS) is 13.8. The molecule has 3 rings (SSSR count). The van der Waals surface area contributed by atoms with Gasteiger partial charge in [0, 0.05) is 35.5 Å². The zero-order valence-corrected chi connectivity index (χ0v) is 13.0. The SMILES string of the molecule is NC(=O)c1ccc(NC(=O)c2ccc(N3CCCC3=O)cc2)cc1. The van der Waals surface area contributed by atoms with Crippen LogP contribution < -0.4 is 16.0 Å². The molecule has 2 aromatic rings. The van der Waals surface area contributed by atoms with Gasteiger partial charge in [0.15, 0.2) is 0 Å². The number of nitrogens with two attached hydrogens (primary N) is 1. The molecular formula is C18H17N3O3. The standard InChI is InChI=1S/C18H17N3O3/c19-17(23)12-3-7-14(8-4-12)20-18(24)13-5-9-15(10-6-13)21-11-1-2-16(21)22/h3-10H,1-2,11H2,(H2,19,23)(H,20,24). The number of benzene rings is 2. The number of nitrogens with zero attached hydrogens (tertiary/aromatic N) is 1. The quantitative estimate of drug-likeness (QED) is 0.903. The molecular weight excluding hydrogens is 306 g/mol. The summed E-state index contributed by atoms with van der Waals surface area (Å²) in [7, 11) is 0. The molecule has 122 valence electrons. The van der Waals surface area contributed by atoms with E-state index in [1.807, 2.05) is 0 Å². The van der Waals surface area contributed by atoms with E-state index in [9.17, 15) is 14.4 Å². The second-order valence-electron chi connectivity index (χ2n) is 5.59. The Kier molecular flexibility index (Phi) is 4.29. The third-order valence-electron chi connectivity index (χ3n) is 3.94. The Balaban J connectivity index is 1.68. The van der Waals surface area contributed by atoms with Crippen molar-refractivity contribution in [1.82, 2.24) is 0 Å². The monoisotopic (exact) mass is 323 g/mol. The van der Waals surface area contributed by atoms with E-state index in [0.29, 0.717) is 23.2 Å². The van der Waals surface area contributed by atoms with Crippen molar-refractivity contribution in [2.24, 2.45) is 5.73 Å². The van der Waals surface area contributed by atoms with Gasteiger partial charge >= 0.3 is 0 Å². The Bertz CT molecular complexity index is 782. The number of carbonyl (C=O) groups is 3. The van der Waals surface area contributed by atoms with E-state index in [2.05, 4.69) is 5.32 Å². The fourth-order valence-corrected chi connectivity index (χ4v) is 2.63. The van der Waals surface area contributed by atoms with E-state index >= 15 is 0 Å². The van der Waals surface area contributed by atoms with Crippen LogP contribution >= 0.6 is 0 Å². The van der Waals surface area contributed by atoms with Crippen molar-refractivity contribution in [1.29, 1.82) is 0 Å². The molecule has 0 aliphatic carbocycles. The van der Waals surface area contributed by atoms with Crippen LogP contribution in [0, 0.1) is 0 Å². The Labute approximate surface area is 139 Å². The lowest BCUT2D eigenvalue weighted by Crippen LogP contribution is -2.23. The number of amides is 3. The molecule has 2 aromatic carbocycles. The van der Waals surface area contributed by atoms with Crippen LogP contribution in [0.5, 0.6) is 0 Å². The van der Waals surface area contributed by atoms with Crippen molar-refractivity contribution in [2.45, 2.75) is 12.8 Å². The maximum atomic E-state index is 12.2. The van der Waals surface area contributed by atoms with Crippen molar-refractivity contribution in [3.8, 4) is 0 Å². The Morgan fingerprint density at radius 3 is 2.12 bits per heavy atom. The average Bonchev–Trinajstić information content (AvgIpc) is 3.01. The van der Waals surface area contributed by atoms with Gasteiger partial charge in [0.05, 0.1) is 0 Å². The summed E-state index contributed by atoms with van der Waals surface area (Å²) in [5.74, 6) is -0.664. The molecule has 1 saturated heterocycles. The number of hydrogen-bond acceptors (Lipinski definition) is 3. The number of hydrogen-bond donors (Lipinski definition) is 2. The Morgan fingerprint density at radius 1 is 0.958 bits per heavy atom. The minimum Gasteiger partial charge on any atom is -0.366 e. The molecule has 0 bridgehead atoms. The molecule has 0 atom stereocenters. The molecule has 6 nitrogen and oxygen atoms in total. The van der Waals surface area contributed by atoms with E-state index < -0.39 is 5.91 Å². The lowest BCUT2D eigenvalue weighted by molar-refractivity contribution is -0.117. The van der Waals surface area contributed by atoms with Crippen LogP contribution in [0.15, 0.2) is 48.5 Å². The summed E-state index contributed by atoms with van der Waals surface area (Å²) in [6.07, 6.45) is 1.44. The van der Waals surface area contributed by atoms with Crippen LogP contribution in [-0.4, -0.2) is 24.3 Å². The van der Waals surface area contributed by atoms with Crippen LogP contribution in [0.2, 0.25) is 0 Å². The van der Waals surface area contributed by atoms with Crippen LogP contribution in [0.25, 0.3) is 0 Å². The highest BCUT2D eigenvalue weighted by molar-refractivity contribution is 6.05. The van der Waals surface area contributed by atoms with Gasteiger partial charge in [-0.15, -0.1) is 0 Å². The summed E-state index contributed by atoms with van der Waals surface area (Å²) >= 11 is 0. The first-order valence-corrected chi connectivity index (χ1v) is 7.66. The fraction of sp³-hybridized carbons (Fsp3) is 0.167. The Hall–Kier alpha value is -3.15. The van der Waals surface area contributed by atoms with E-state index in [4.69, 9.17) is 5.73 Å². The van der Waals surface area contributed by atoms with Crippen molar-refractivity contribution < 1.29 is 14.4 Å². The molecule has 0 spiro atoms. The van der Waals surface area contributed by atoms with Gasteiger partial charge in [-0.05, 0) is 55.0 Å². The largest absolute Gasteiger partial charge is 0.366 e. The molecule has 24 heavy (non-hydrogen) atoms. The van der Waals surface area contributed by atoms with E-state index in [0.717, 1.165) is 18.7 Å². The maximum Gasteiger partial charge on any atom is 0.255 e. The number of nitrogens with one attached hydrogen (secondary N) is 1. The molecule has 1 aliphatic heterocycles. The van der Waals surface area contributed by atoms with Crippen molar-refractivity contribution in [2.75, 3.05) is 16.8 Å². The first-order chi connectivity index (χ1) is 11.5. The van der Waals surface area contributed by atoms with Gasteiger partial charge in [0.25, 0.3) is 5.91 Å². The molecule has 3 amide bonds. The van der Waals surface area contributed by atoms with Gasteiger partial charge in [0.2, 0.25) is 11.8 Å². The van der Waals surface area contributed by atoms with Crippen molar-refractivity contribution >= 4 is 29.1 Å². The predicted octanol–water partition coefficient (Wildman–Crippen LogP) is 2.16. The molecule has 0 saturated carbocycles. The minimum absolute atomic E-state index is 0.113.